The van der Waals surface area contributed by atoms with E-state index < -0.39 is 0 Å². The second-order valence-electron chi connectivity index (χ2n) is 4.09. The number of H-pyrrole nitrogens is 1. The van der Waals surface area contributed by atoms with Crippen LogP contribution < -0.4 is 0 Å². The summed E-state index contributed by atoms with van der Waals surface area (Å²) in [5, 5.41) is 4.67. The van der Waals surface area contributed by atoms with E-state index in [4.69, 9.17) is 0 Å². The van der Waals surface area contributed by atoms with E-state index >= 15 is 0 Å². The maximum atomic E-state index is 4.48. The van der Waals surface area contributed by atoms with Gasteiger partial charge in [-0.1, -0.05) is 12.1 Å². The second-order valence-corrected chi connectivity index (χ2v) is 4.09. The standard InChI is InChI=1S/C14H9N3.Cu/c1-3-9-11-7-15-8-12(11)10-4-2-6-17-14(10)13(9)16-5-1;/h1-8,16H;/q;+2. The van der Waals surface area contributed by atoms with Gasteiger partial charge >= 0.3 is 17.1 Å². The number of pyridine rings is 2. The first-order valence-electron chi connectivity index (χ1n) is 5.52. The number of hydrogen-bond donors (Lipinski definition) is 1. The molecule has 0 amide bonds. The van der Waals surface area contributed by atoms with Crippen molar-refractivity contribution in [1.29, 1.82) is 0 Å². The van der Waals surface area contributed by atoms with Gasteiger partial charge in [0.1, 0.15) is 0 Å². The monoisotopic (exact) mass is 282 g/mol. The van der Waals surface area contributed by atoms with Crippen LogP contribution in [0.3, 0.4) is 0 Å². The van der Waals surface area contributed by atoms with Crippen LogP contribution in [0.5, 0.6) is 0 Å². The SMILES string of the molecule is [Cu+2].c1cnc2c(c1)c1cncc1c1ccc[nH]c12. The summed E-state index contributed by atoms with van der Waals surface area (Å²) < 4.78 is 0. The molecular weight excluding hydrogens is 274 g/mol. The molecule has 4 heteroatoms. The topological polar surface area (TPSA) is 41.6 Å². The molecule has 1 aromatic carbocycles. The molecule has 4 rings (SSSR count). The Morgan fingerprint density at radius 1 is 0.889 bits per heavy atom. The average molecular weight is 283 g/mol. The van der Waals surface area contributed by atoms with E-state index in [1.54, 1.807) is 0 Å². The molecule has 0 spiro atoms. The molecule has 1 N–H and O–H groups in total. The third-order valence-electron chi connectivity index (χ3n) is 3.18. The van der Waals surface area contributed by atoms with Gasteiger partial charge < -0.3 is 4.98 Å². The van der Waals surface area contributed by atoms with E-state index in [-0.39, 0.29) is 17.1 Å². The van der Waals surface area contributed by atoms with Crippen molar-refractivity contribution in [2.24, 2.45) is 0 Å². The summed E-state index contributed by atoms with van der Waals surface area (Å²) >= 11 is 0. The zero-order valence-corrected chi connectivity index (χ0v) is 10.3. The Morgan fingerprint density at radius 3 is 2.56 bits per heavy atom. The summed E-state index contributed by atoms with van der Waals surface area (Å²) in [6.45, 7) is 0. The Kier molecular flexibility index (Phi) is 2.54. The molecule has 3 aromatic heterocycles. The van der Waals surface area contributed by atoms with Gasteiger partial charge in [0, 0.05) is 46.3 Å². The third-order valence-corrected chi connectivity index (χ3v) is 3.18. The van der Waals surface area contributed by atoms with Gasteiger partial charge in [-0.2, -0.15) is 0 Å². The van der Waals surface area contributed by atoms with Crippen molar-refractivity contribution in [2.45, 2.75) is 0 Å². The predicted octanol–water partition coefficient (Wildman–Crippen LogP) is 3.26. The largest absolute Gasteiger partial charge is 2.00 e. The van der Waals surface area contributed by atoms with Crippen molar-refractivity contribution in [3.8, 4) is 0 Å². The van der Waals surface area contributed by atoms with Crippen LogP contribution in [0.2, 0.25) is 0 Å². The van der Waals surface area contributed by atoms with Gasteiger partial charge in [-0.05, 0) is 12.1 Å². The van der Waals surface area contributed by atoms with Crippen molar-refractivity contribution in [2.75, 3.05) is 0 Å². The number of rotatable bonds is 0. The molecule has 89 valence electrons. The fourth-order valence-corrected chi connectivity index (χ4v) is 2.43. The first kappa shape index (κ1) is 11.2. The Bertz CT molecular complexity index is 781. The second kappa shape index (κ2) is 4.09. The van der Waals surface area contributed by atoms with E-state index in [1.165, 1.54) is 16.2 Å². The van der Waals surface area contributed by atoms with Crippen molar-refractivity contribution >= 4 is 32.6 Å². The average Bonchev–Trinajstić information content (AvgIpc) is 2.89. The molecule has 0 aliphatic rings. The van der Waals surface area contributed by atoms with E-state index in [9.17, 15) is 0 Å². The van der Waals surface area contributed by atoms with Crippen LogP contribution in [0, 0.1) is 0 Å². The van der Waals surface area contributed by atoms with E-state index in [0.717, 1.165) is 16.4 Å². The maximum absolute atomic E-state index is 4.48. The summed E-state index contributed by atoms with van der Waals surface area (Å²) in [7, 11) is 0. The predicted molar refractivity (Wildman–Crippen MR) is 68.9 cm³/mol. The molecule has 0 saturated heterocycles. The number of aromatic amines is 1. The normalized spacial score (nSPS) is 10.9. The maximum Gasteiger partial charge on any atom is 2.00 e. The number of fused-ring (bicyclic) bond motifs is 6. The zero-order chi connectivity index (χ0) is 11.2. The smallest absolute Gasteiger partial charge is 0.359 e. The molecule has 0 saturated carbocycles. The van der Waals surface area contributed by atoms with Gasteiger partial charge in [0.2, 0.25) is 0 Å². The van der Waals surface area contributed by atoms with Crippen LogP contribution in [0.4, 0.5) is 0 Å². The Balaban J connectivity index is 0.000001000. The minimum absolute atomic E-state index is 0. The van der Waals surface area contributed by atoms with E-state index in [0.29, 0.717) is 0 Å². The quantitative estimate of drug-likeness (QED) is 0.397. The number of aromatic nitrogens is 3. The summed E-state index contributed by atoms with van der Waals surface area (Å²) in [6, 6.07) is 8.16. The van der Waals surface area contributed by atoms with Crippen molar-refractivity contribution in [3.63, 3.8) is 0 Å². The minimum atomic E-state index is 0. The Morgan fingerprint density at radius 2 is 1.67 bits per heavy atom. The summed E-state index contributed by atoms with van der Waals surface area (Å²) in [6.07, 6.45) is 7.58. The van der Waals surface area contributed by atoms with Gasteiger partial charge in [-0.3, -0.25) is 9.97 Å². The zero-order valence-electron chi connectivity index (χ0n) is 9.31. The van der Waals surface area contributed by atoms with Gasteiger partial charge in [-0.15, -0.1) is 0 Å². The van der Waals surface area contributed by atoms with Gasteiger partial charge in [0.25, 0.3) is 0 Å². The number of nitrogens with zero attached hydrogens (tertiary/aromatic N) is 2. The van der Waals surface area contributed by atoms with Crippen molar-refractivity contribution < 1.29 is 17.1 Å². The number of benzene rings is 1. The fraction of sp³-hybridized carbons (Fsp3) is 0. The Labute approximate surface area is 114 Å². The molecule has 0 atom stereocenters. The molecule has 0 aliphatic heterocycles. The number of hydrogen-bond acceptors (Lipinski definition) is 2. The minimum Gasteiger partial charge on any atom is -0.359 e. The summed E-state index contributed by atoms with van der Waals surface area (Å²) in [5.74, 6) is 0. The van der Waals surface area contributed by atoms with Crippen LogP contribution in [-0.2, 0) is 17.1 Å². The van der Waals surface area contributed by atoms with Crippen LogP contribution in [0.15, 0.2) is 49.1 Å². The van der Waals surface area contributed by atoms with Crippen LogP contribution in [0.25, 0.3) is 32.6 Å². The van der Waals surface area contributed by atoms with Crippen molar-refractivity contribution in [1.82, 2.24) is 15.0 Å². The molecule has 4 aromatic rings. The van der Waals surface area contributed by atoms with Crippen LogP contribution >= 0.6 is 0 Å². The molecule has 3 heterocycles. The first-order chi connectivity index (χ1) is 8.45. The number of nitrogens with one attached hydrogen (secondary N) is 1. The molecule has 0 aliphatic carbocycles. The van der Waals surface area contributed by atoms with E-state index in [2.05, 4.69) is 27.1 Å². The molecular formula is C14H9CuN3+2. The van der Waals surface area contributed by atoms with Gasteiger partial charge in [-0.25, -0.2) is 0 Å². The van der Waals surface area contributed by atoms with Gasteiger partial charge in [0.05, 0.1) is 11.0 Å². The van der Waals surface area contributed by atoms with Crippen LogP contribution in [0.1, 0.15) is 0 Å². The van der Waals surface area contributed by atoms with Crippen LogP contribution in [-0.4, -0.2) is 15.0 Å². The summed E-state index contributed by atoms with van der Waals surface area (Å²) in [5.41, 5.74) is 2.08. The van der Waals surface area contributed by atoms with Crippen molar-refractivity contribution in [3.05, 3.63) is 49.1 Å². The molecule has 1 radical (unpaired) electrons. The molecule has 0 unspecified atom stereocenters. The third kappa shape index (κ3) is 1.37. The molecule has 0 bridgehead atoms. The molecule has 3 nitrogen and oxygen atoms in total. The Hall–Kier alpha value is -1.90. The van der Waals surface area contributed by atoms with E-state index in [1.807, 2.05) is 36.9 Å². The fourth-order valence-electron chi connectivity index (χ4n) is 2.43. The molecule has 18 heavy (non-hydrogen) atoms. The molecule has 0 fully saturated rings. The first-order valence-corrected chi connectivity index (χ1v) is 5.52. The van der Waals surface area contributed by atoms with Gasteiger partial charge in [0.15, 0.2) is 0 Å². The summed E-state index contributed by atoms with van der Waals surface area (Å²) in [4.78, 5) is 12.0.